The average Bonchev–Trinajstić information content (AvgIpc) is 3.30. The maximum atomic E-state index is 12.2. The summed E-state index contributed by atoms with van der Waals surface area (Å²) in [5.41, 5.74) is 1.13. The lowest BCUT2D eigenvalue weighted by molar-refractivity contribution is -0.166. The van der Waals surface area contributed by atoms with Crippen molar-refractivity contribution in [1.29, 1.82) is 0 Å². The molecule has 172 valence electrons. The van der Waals surface area contributed by atoms with Gasteiger partial charge in [0, 0.05) is 31.7 Å². The van der Waals surface area contributed by atoms with E-state index in [1.165, 1.54) is 13.0 Å². The Morgan fingerprint density at radius 2 is 2.19 bits per heavy atom. The van der Waals surface area contributed by atoms with Crippen molar-refractivity contribution in [3.8, 4) is 11.5 Å². The van der Waals surface area contributed by atoms with Gasteiger partial charge >= 0.3 is 11.9 Å². The molecule has 1 aliphatic heterocycles. The molecule has 2 aromatic rings. The number of aromatic hydroxyl groups is 1. The molecule has 1 N–H and O–H groups in total. The van der Waals surface area contributed by atoms with Crippen LogP contribution in [0.4, 0.5) is 0 Å². The van der Waals surface area contributed by atoms with E-state index in [9.17, 15) is 14.7 Å². The largest absolute Gasteiger partial charge is 0.507 e. The van der Waals surface area contributed by atoms with E-state index in [0.29, 0.717) is 33.9 Å². The lowest BCUT2D eigenvalue weighted by atomic mass is 10.1. The van der Waals surface area contributed by atoms with E-state index in [2.05, 4.69) is 25.9 Å². The zero-order chi connectivity index (χ0) is 23.1. The number of rotatable bonds is 9. The molecule has 2 heterocycles. The van der Waals surface area contributed by atoms with Crippen LogP contribution in [0.25, 0.3) is 0 Å². The van der Waals surface area contributed by atoms with Gasteiger partial charge in [-0.15, -0.1) is 0 Å². The van der Waals surface area contributed by atoms with Gasteiger partial charge < -0.3 is 24.1 Å². The van der Waals surface area contributed by atoms with Gasteiger partial charge in [0.05, 0.1) is 16.8 Å². The number of nitrogens with zero attached hydrogens (tertiary/aromatic N) is 2. The first-order valence-electron chi connectivity index (χ1n) is 10.3. The van der Waals surface area contributed by atoms with Crippen molar-refractivity contribution in [3.63, 3.8) is 0 Å². The van der Waals surface area contributed by atoms with Crippen LogP contribution in [0, 0.1) is 0 Å². The lowest BCUT2D eigenvalue weighted by Crippen LogP contribution is -2.30. The van der Waals surface area contributed by atoms with Gasteiger partial charge in [-0.2, -0.15) is 0 Å². The van der Waals surface area contributed by atoms with Gasteiger partial charge in [0.15, 0.2) is 5.82 Å². The summed E-state index contributed by atoms with van der Waals surface area (Å²) >= 11 is 3.27. The summed E-state index contributed by atoms with van der Waals surface area (Å²) in [4.78, 5) is 32.5. The van der Waals surface area contributed by atoms with E-state index in [0.717, 1.165) is 12.8 Å². The fraction of sp³-hybridized carbons (Fsp3) is 0.455. The minimum absolute atomic E-state index is 0.0282. The summed E-state index contributed by atoms with van der Waals surface area (Å²) in [5.74, 6) is -0.315. The lowest BCUT2D eigenvalue weighted by Gasteiger charge is -2.18. The highest BCUT2D eigenvalue weighted by atomic mass is 79.9. The van der Waals surface area contributed by atoms with Crippen LogP contribution in [0.15, 0.2) is 28.9 Å². The molecule has 1 fully saturated rings. The van der Waals surface area contributed by atoms with Crippen LogP contribution in [0.3, 0.4) is 0 Å². The van der Waals surface area contributed by atoms with Crippen LogP contribution >= 0.6 is 15.9 Å². The molecule has 0 aliphatic carbocycles. The number of benzene rings is 1. The molecule has 0 spiro atoms. The van der Waals surface area contributed by atoms with Crippen molar-refractivity contribution < 1.29 is 33.6 Å². The molecule has 9 nitrogen and oxygen atoms in total. The molecule has 1 aromatic carbocycles. The van der Waals surface area contributed by atoms with E-state index in [4.69, 9.17) is 18.9 Å². The number of aromatic nitrogens is 2. The highest BCUT2D eigenvalue weighted by Crippen LogP contribution is 2.34. The molecule has 32 heavy (non-hydrogen) atoms. The molecule has 2 unspecified atom stereocenters. The van der Waals surface area contributed by atoms with Gasteiger partial charge in [-0.1, -0.05) is 0 Å². The zero-order valence-corrected chi connectivity index (χ0v) is 19.5. The second-order valence-corrected chi connectivity index (χ2v) is 8.02. The summed E-state index contributed by atoms with van der Waals surface area (Å²) in [6, 6.07) is 4.78. The molecule has 1 saturated heterocycles. The molecule has 3 rings (SSSR count). The molecular weight excluding hydrogens is 484 g/mol. The third-order valence-electron chi connectivity index (χ3n) is 4.72. The van der Waals surface area contributed by atoms with Gasteiger partial charge in [-0.05, 0) is 53.9 Å². The van der Waals surface area contributed by atoms with E-state index in [1.54, 1.807) is 25.3 Å². The van der Waals surface area contributed by atoms with Gasteiger partial charge in [0.1, 0.15) is 24.2 Å². The summed E-state index contributed by atoms with van der Waals surface area (Å²) in [6.45, 7) is 3.85. The quantitative estimate of drug-likeness (QED) is 0.508. The Bertz CT molecular complexity index is 963. The minimum Gasteiger partial charge on any atom is -0.507 e. The van der Waals surface area contributed by atoms with Crippen LogP contribution < -0.4 is 4.74 Å². The van der Waals surface area contributed by atoms with Crippen molar-refractivity contribution >= 4 is 27.9 Å². The van der Waals surface area contributed by atoms with Gasteiger partial charge in [-0.3, -0.25) is 4.79 Å². The van der Waals surface area contributed by atoms with Gasteiger partial charge in [-0.25, -0.2) is 14.8 Å². The highest BCUT2D eigenvalue weighted by Gasteiger charge is 2.26. The van der Waals surface area contributed by atoms with Gasteiger partial charge in [0.25, 0.3) is 0 Å². The van der Waals surface area contributed by atoms with E-state index in [-0.39, 0.29) is 31.5 Å². The van der Waals surface area contributed by atoms with Crippen molar-refractivity contribution in [3.05, 3.63) is 46.0 Å². The smallest absolute Gasteiger partial charge is 0.347 e. The number of hydrogen-bond donors (Lipinski definition) is 1. The summed E-state index contributed by atoms with van der Waals surface area (Å²) in [6.07, 6.45) is 2.21. The Balaban J connectivity index is 1.79. The highest BCUT2D eigenvalue weighted by molar-refractivity contribution is 9.10. The Labute approximate surface area is 194 Å². The molecule has 0 amide bonds. The summed E-state index contributed by atoms with van der Waals surface area (Å²) in [7, 11) is 0. The molecule has 0 bridgehead atoms. The van der Waals surface area contributed by atoms with Gasteiger partial charge in [0.2, 0.25) is 6.10 Å². The number of esters is 2. The fourth-order valence-corrected chi connectivity index (χ4v) is 3.59. The predicted molar refractivity (Wildman–Crippen MR) is 116 cm³/mol. The van der Waals surface area contributed by atoms with E-state index in [1.807, 2.05) is 0 Å². The Hall–Kier alpha value is -2.72. The molecule has 2 atom stereocenters. The van der Waals surface area contributed by atoms with Crippen molar-refractivity contribution in [1.82, 2.24) is 9.97 Å². The third-order valence-corrected chi connectivity index (χ3v) is 5.35. The predicted octanol–water partition coefficient (Wildman–Crippen LogP) is 3.41. The average molecular weight is 509 g/mol. The second kappa shape index (κ2) is 11.2. The Morgan fingerprint density at radius 3 is 2.88 bits per heavy atom. The number of phenolic OH excluding ortho intramolecular Hbond substituents is 1. The second-order valence-electron chi connectivity index (χ2n) is 7.16. The van der Waals surface area contributed by atoms with Crippen LogP contribution in [0.5, 0.6) is 11.5 Å². The zero-order valence-electron chi connectivity index (χ0n) is 17.9. The molecule has 0 saturated carbocycles. The maximum Gasteiger partial charge on any atom is 0.347 e. The Kier molecular flexibility index (Phi) is 8.40. The number of carbonyl (C=O) groups is 2. The van der Waals surface area contributed by atoms with Crippen molar-refractivity contribution in [2.24, 2.45) is 0 Å². The minimum atomic E-state index is -1.17. The number of ether oxygens (including phenoxy) is 4. The molecule has 10 heteroatoms. The standard InChI is InChI=1S/C22H25BrN2O7/c1-3-29-22(28)20(32-13(2)26)10-14-9-17(27)16(23)11-19(14)31-12-15-6-7-24-21(25-15)18-5-4-8-30-18/h6-7,9,11,18,20,27H,3-5,8,10,12H2,1-2H3. The topological polar surface area (TPSA) is 117 Å². The molecule has 0 radical (unpaired) electrons. The third kappa shape index (κ3) is 6.39. The summed E-state index contributed by atoms with van der Waals surface area (Å²) in [5, 5.41) is 10.1. The Morgan fingerprint density at radius 1 is 1.38 bits per heavy atom. The SMILES string of the molecule is CCOC(=O)C(Cc1cc(O)c(Br)cc1OCc1ccnc(C2CCCO2)n1)OC(C)=O. The first-order chi connectivity index (χ1) is 15.4. The van der Waals surface area contributed by atoms with E-state index >= 15 is 0 Å². The first-order valence-corrected chi connectivity index (χ1v) is 11.1. The summed E-state index contributed by atoms with van der Waals surface area (Å²) < 4.78 is 22.1. The van der Waals surface area contributed by atoms with Crippen LogP contribution in [-0.4, -0.2) is 46.3 Å². The monoisotopic (exact) mass is 508 g/mol. The van der Waals surface area contributed by atoms with E-state index < -0.39 is 18.0 Å². The van der Waals surface area contributed by atoms with Crippen molar-refractivity contribution in [2.45, 2.75) is 51.9 Å². The number of phenols is 1. The molecular formula is C22H25BrN2O7. The number of halogens is 1. The van der Waals surface area contributed by atoms with Crippen LogP contribution in [0.2, 0.25) is 0 Å². The fourth-order valence-electron chi connectivity index (χ4n) is 3.27. The first kappa shape index (κ1) is 23.9. The van der Waals surface area contributed by atoms with Crippen molar-refractivity contribution in [2.75, 3.05) is 13.2 Å². The number of hydrogen-bond acceptors (Lipinski definition) is 9. The molecule has 1 aliphatic rings. The normalized spacial score (nSPS) is 16.4. The van der Waals surface area contributed by atoms with Crippen LogP contribution in [-0.2, 0) is 36.8 Å². The maximum absolute atomic E-state index is 12.2. The van der Waals surface area contributed by atoms with Crippen LogP contribution in [0.1, 0.15) is 49.9 Å². The molecule has 1 aromatic heterocycles. The number of carbonyl (C=O) groups excluding carboxylic acids is 2.